The van der Waals surface area contributed by atoms with Crippen LogP contribution in [0, 0.1) is 5.92 Å². The van der Waals surface area contributed by atoms with Crippen LogP contribution in [0.15, 0.2) is 53.0 Å². The molecule has 1 heterocycles. The lowest BCUT2D eigenvalue weighted by Gasteiger charge is -2.38. The molecule has 0 fully saturated rings. The molecule has 0 bridgehead atoms. The van der Waals surface area contributed by atoms with Gasteiger partial charge in [-0.2, -0.15) is 0 Å². The maximum absolute atomic E-state index is 6.45. The fourth-order valence-corrected chi connectivity index (χ4v) is 4.25. The summed E-state index contributed by atoms with van der Waals surface area (Å²) in [7, 11) is 0. The van der Waals surface area contributed by atoms with E-state index in [1.54, 1.807) is 0 Å². The van der Waals surface area contributed by atoms with Crippen molar-refractivity contribution in [1.82, 2.24) is 0 Å². The highest BCUT2D eigenvalue weighted by Crippen LogP contribution is 2.52. The molecule has 0 saturated heterocycles. The van der Waals surface area contributed by atoms with E-state index < -0.39 is 0 Å². The SMILES string of the molecule is Clc1ccc2c(c1Cl)N[C@H](c1ccc(Br)cc1)[C@@H]1CC=C[C@@H]21. The number of halogens is 3. The molecular formula is C18H14BrCl2N. The zero-order chi connectivity index (χ0) is 15.3. The van der Waals surface area contributed by atoms with Crippen molar-refractivity contribution in [1.29, 1.82) is 0 Å². The van der Waals surface area contributed by atoms with E-state index in [-0.39, 0.29) is 6.04 Å². The lowest BCUT2D eigenvalue weighted by atomic mass is 9.77. The molecule has 0 radical (unpaired) electrons. The van der Waals surface area contributed by atoms with Crippen molar-refractivity contribution in [2.75, 3.05) is 5.32 Å². The Hall–Kier alpha value is -0.960. The van der Waals surface area contributed by atoms with Crippen molar-refractivity contribution >= 4 is 44.8 Å². The first-order valence-electron chi connectivity index (χ1n) is 7.31. The molecule has 22 heavy (non-hydrogen) atoms. The second kappa shape index (κ2) is 5.59. The quantitative estimate of drug-likeness (QED) is 0.538. The number of allylic oxidation sites excluding steroid dienone is 2. The maximum atomic E-state index is 6.45. The molecule has 0 amide bonds. The molecule has 0 spiro atoms. The van der Waals surface area contributed by atoms with E-state index >= 15 is 0 Å². The summed E-state index contributed by atoms with van der Waals surface area (Å²) in [5.41, 5.74) is 3.51. The smallest absolute Gasteiger partial charge is 0.0826 e. The Morgan fingerprint density at radius 1 is 1.05 bits per heavy atom. The number of hydrogen-bond donors (Lipinski definition) is 1. The molecule has 1 nitrogen and oxygen atoms in total. The van der Waals surface area contributed by atoms with E-state index in [4.69, 9.17) is 23.2 Å². The minimum absolute atomic E-state index is 0.247. The van der Waals surface area contributed by atoms with Crippen molar-refractivity contribution in [2.24, 2.45) is 5.92 Å². The number of anilines is 1. The zero-order valence-corrected chi connectivity index (χ0v) is 14.8. The molecule has 2 aromatic carbocycles. The van der Waals surface area contributed by atoms with Gasteiger partial charge in [-0.15, -0.1) is 0 Å². The standard InChI is InChI=1S/C18H14BrCl2N/c19-11-6-4-10(5-7-11)17-13-3-1-2-12(13)14-8-9-15(20)16(21)18(14)22-17/h1-2,4-9,12-13,17,22H,3H2/t12-,13-,17-/m1/s1. The van der Waals surface area contributed by atoms with Gasteiger partial charge in [-0.25, -0.2) is 0 Å². The third-order valence-electron chi connectivity index (χ3n) is 4.66. The van der Waals surface area contributed by atoms with Crippen LogP contribution in [0.5, 0.6) is 0 Å². The highest BCUT2D eigenvalue weighted by Gasteiger charge is 2.38. The molecule has 1 aliphatic heterocycles. The van der Waals surface area contributed by atoms with Gasteiger partial charge in [0, 0.05) is 10.4 Å². The van der Waals surface area contributed by atoms with Crippen LogP contribution in [-0.4, -0.2) is 0 Å². The number of hydrogen-bond acceptors (Lipinski definition) is 1. The average Bonchev–Trinajstić information content (AvgIpc) is 3.01. The molecule has 1 N–H and O–H groups in total. The van der Waals surface area contributed by atoms with Crippen molar-refractivity contribution in [3.8, 4) is 0 Å². The summed E-state index contributed by atoms with van der Waals surface area (Å²) in [6, 6.07) is 12.8. The van der Waals surface area contributed by atoms with E-state index in [9.17, 15) is 0 Å². The van der Waals surface area contributed by atoms with Gasteiger partial charge in [0.25, 0.3) is 0 Å². The third kappa shape index (κ3) is 2.29. The van der Waals surface area contributed by atoms with Crippen molar-refractivity contribution in [2.45, 2.75) is 18.4 Å². The van der Waals surface area contributed by atoms with Gasteiger partial charge in [0.05, 0.1) is 21.8 Å². The molecule has 1 aliphatic carbocycles. The lowest BCUT2D eigenvalue weighted by molar-refractivity contribution is 0.425. The van der Waals surface area contributed by atoms with Gasteiger partial charge in [-0.05, 0) is 41.7 Å². The van der Waals surface area contributed by atoms with Crippen molar-refractivity contribution < 1.29 is 0 Å². The zero-order valence-electron chi connectivity index (χ0n) is 11.7. The lowest BCUT2D eigenvalue weighted by Crippen LogP contribution is -2.29. The second-order valence-corrected chi connectivity index (χ2v) is 7.55. The summed E-state index contributed by atoms with van der Waals surface area (Å²) in [6.45, 7) is 0. The minimum Gasteiger partial charge on any atom is -0.376 e. The van der Waals surface area contributed by atoms with Crippen LogP contribution in [0.2, 0.25) is 10.0 Å². The number of fused-ring (bicyclic) bond motifs is 3. The molecule has 4 heteroatoms. The van der Waals surface area contributed by atoms with Gasteiger partial charge >= 0.3 is 0 Å². The highest BCUT2D eigenvalue weighted by molar-refractivity contribution is 9.10. The van der Waals surface area contributed by atoms with Gasteiger partial charge < -0.3 is 5.32 Å². The summed E-state index contributed by atoms with van der Waals surface area (Å²) >= 11 is 16.2. The van der Waals surface area contributed by atoms with Crippen LogP contribution in [0.3, 0.4) is 0 Å². The topological polar surface area (TPSA) is 12.0 Å². The van der Waals surface area contributed by atoms with Crippen LogP contribution >= 0.6 is 39.1 Å². The monoisotopic (exact) mass is 393 g/mol. The van der Waals surface area contributed by atoms with E-state index in [1.807, 2.05) is 6.07 Å². The van der Waals surface area contributed by atoms with E-state index in [0.29, 0.717) is 21.9 Å². The predicted molar refractivity (Wildman–Crippen MR) is 97.0 cm³/mol. The fraction of sp³-hybridized carbons (Fsp3) is 0.222. The Bertz CT molecular complexity index is 754. The largest absolute Gasteiger partial charge is 0.376 e. The molecule has 0 aromatic heterocycles. The maximum Gasteiger partial charge on any atom is 0.0826 e. The molecule has 0 saturated carbocycles. The summed E-state index contributed by atoms with van der Waals surface area (Å²) in [6.07, 6.45) is 5.67. The van der Waals surface area contributed by atoms with Crippen molar-refractivity contribution in [3.05, 3.63) is 74.2 Å². The van der Waals surface area contributed by atoms with Crippen LogP contribution in [0.1, 0.15) is 29.5 Å². The van der Waals surface area contributed by atoms with E-state index in [0.717, 1.165) is 16.6 Å². The normalized spacial score (nSPS) is 25.5. The summed E-state index contributed by atoms with van der Waals surface area (Å²) in [5, 5.41) is 4.87. The Balaban J connectivity index is 1.82. The number of rotatable bonds is 1. The average molecular weight is 395 g/mol. The Morgan fingerprint density at radius 2 is 1.82 bits per heavy atom. The molecule has 3 atom stereocenters. The van der Waals surface area contributed by atoms with Gasteiger partial charge in [0.2, 0.25) is 0 Å². The van der Waals surface area contributed by atoms with Crippen LogP contribution in [-0.2, 0) is 0 Å². The Labute approximate surface area is 148 Å². The second-order valence-electron chi connectivity index (χ2n) is 5.85. The fourth-order valence-electron chi connectivity index (χ4n) is 3.60. The van der Waals surface area contributed by atoms with Crippen molar-refractivity contribution in [3.63, 3.8) is 0 Å². The predicted octanol–water partition coefficient (Wildman–Crippen LogP) is 6.58. The summed E-state index contributed by atoms with van der Waals surface area (Å²) in [4.78, 5) is 0. The number of nitrogens with one attached hydrogen (secondary N) is 1. The van der Waals surface area contributed by atoms with Crippen LogP contribution in [0.25, 0.3) is 0 Å². The third-order valence-corrected chi connectivity index (χ3v) is 5.99. The van der Waals surface area contributed by atoms with Gasteiger partial charge in [-0.3, -0.25) is 0 Å². The first-order chi connectivity index (χ1) is 10.6. The van der Waals surface area contributed by atoms with E-state index in [2.05, 4.69) is 63.7 Å². The summed E-state index contributed by atoms with van der Waals surface area (Å²) in [5.74, 6) is 0.922. The molecule has 2 aromatic rings. The molecule has 0 unspecified atom stereocenters. The van der Waals surface area contributed by atoms with E-state index in [1.165, 1.54) is 11.1 Å². The summed E-state index contributed by atoms with van der Waals surface area (Å²) < 4.78 is 1.09. The minimum atomic E-state index is 0.247. The molecule has 112 valence electrons. The van der Waals surface area contributed by atoms with Gasteiger partial charge in [0.15, 0.2) is 0 Å². The Morgan fingerprint density at radius 3 is 2.59 bits per heavy atom. The van der Waals surface area contributed by atoms with Gasteiger partial charge in [-0.1, -0.05) is 69.5 Å². The molecule has 4 rings (SSSR count). The van der Waals surface area contributed by atoms with Gasteiger partial charge in [0.1, 0.15) is 0 Å². The Kier molecular flexibility index (Phi) is 3.72. The van der Waals surface area contributed by atoms with Crippen LogP contribution in [0.4, 0.5) is 5.69 Å². The van der Waals surface area contributed by atoms with Crippen LogP contribution < -0.4 is 5.32 Å². The first-order valence-corrected chi connectivity index (χ1v) is 8.86. The molecule has 2 aliphatic rings. The first kappa shape index (κ1) is 14.6. The molecular weight excluding hydrogens is 381 g/mol. The highest BCUT2D eigenvalue weighted by atomic mass is 79.9. The number of benzene rings is 2.